The van der Waals surface area contributed by atoms with Gasteiger partial charge in [-0.1, -0.05) is 52.3 Å². The summed E-state index contributed by atoms with van der Waals surface area (Å²) >= 11 is 0. The number of benzene rings is 1. The molecule has 4 atom stereocenters. The second kappa shape index (κ2) is 7.17. The van der Waals surface area contributed by atoms with Gasteiger partial charge in [0.1, 0.15) is 6.10 Å². The van der Waals surface area contributed by atoms with Gasteiger partial charge in [-0.15, -0.1) is 0 Å². The Morgan fingerprint density at radius 2 is 1.87 bits per heavy atom. The highest BCUT2D eigenvalue weighted by Crippen LogP contribution is 2.41. The van der Waals surface area contributed by atoms with Gasteiger partial charge in [0.15, 0.2) is 13.8 Å². The van der Waals surface area contributed by atoms with Crippen molar-refractivity contribution < 1.29 is 13.4 Å². The van der Waals surface area contributed by atoms with Gasteiger partial charge in [-0.2, -0.15) is 0 Å². The van der Waals surface area contributed by atoms with Crippen molar-refractivity contribution >= 4 is 19.1 Å². The molecule has 23 heavy (non-hydrogen) atoms. The minimum atomic E-state index is -1.85. The Hall–Kier alpha value is -0.493. The summed E-state index contributed by atoms with van der Waals surface area (Å²) in [6.07, 6.45) is 2.02. The summed E-state index contributed by atoms with van der Waals surface area (Å²) in [4.78, 5) is 0.836. The molecule has 1 aromatic carbocycles. The Bertz CT molecular complexity index is 539. The molecule has 0 radical (unpaired) electrons. The first-order valence-corrected chi connectivity index (χ1v) is 12.6. The number of hydrogen-bond acceptors (Lipinski definition) is 3. The topological polar surface area (TPSA) is 38.8 Å². The number of rotatable bonds is 7. The molecule has 1 aliphatic rings. The molecule has 1 unspecified atom stereocenters. The fraction of sp³-hybridized carbons (Fsp3) is 0.667. The van der Waals surface area contributed by atoms with Crippen LogP contribution in [0.25, 0.3) is 0 Å². The molecular weight excluding hydrogens is 324 g/mol. The molecule has 0 spiro atoms. The molecule has 1 aromatic rings. The van der Waals surface area contributed by atoms with Crippen molar-refractivity contribution in [2.75, 3.05) is 0 Å². The van der Waals surface area contributed by atoms with Crippen LogP contribution < -0.4 is 0 Å². The summed E-state index contributed by atoms with van der Waals surface area (Å²) < 4.78 is 25.0. The van der Waals surface area contributed by atoms with E-state index in [1.807, 2.05) is 30.3 Å². The first kappa shape index (κ1) is 18.8. The van der Waals surface area contributed by atoms with Gasteiger partial charge >= 0.3 is 0 Å². The van der Waals surface area contributed by atoms with Crippen LogP contribution >= 0.6 is 0 Å². The molecule has 0 aromatic heterocycles. The zero-order chi connectivity index (χ0) is 17.3. The summed E-state index contributed by atoms with van der Waals surface area (Å²) in [5.74, 6) is 0. The average Bonchev–Trinajstić information content (AvgIpc) is 3.26. The van der Waals surface area contributed by atoms with Crippen molar-refractivity contribution in [1.29, 1.82) is 0 Å². The van der Waals surface area contributed by atoms with Gasteiger partial charge in [-0.3, -0.25) is 4.21 Å². The first-order valence-electron chi connectivity index (χ1n) is 8.46. The van der Waals surface area contributed by atoms with E-state index in [0.717, 1.165) is 17.7 Å². The van der Waals surface area contributed by atoms with Crippen LogP contribution in [0.15, 0.2) is 35.2 Å². The van der Waals surface area contributed by atoms with E-state index in [0.29, 0.717) is 0 Å². The molecule has 3 nitrogen and oxygen atoms in total. The summed E-state index contributed by atoms with van der Waals surface area (Å²) in [5.41, 5.74) is -0.223. The Labute approximate surface area is 144 Å². The van der Waals surface area contributed by atoms with E-state index in [4.69, 9.17) is 9.16 Å². The predicted molar refractivity (Wildman–Crippen MR) is 98.5 cm³/mol. The van der Waals surface area contributed by atoms with Crippen molar-refractivity contribution in [3.63, 3.8) is 0 Å². The first-order chi connectivity index (χ1) is 10.7. The van der Waals surface area contributed by atoms with Gasteiger partial charge < -0.3 is 9.16 Å². The van der Waals surface area contributed by atoms with E-state index in [2.05, 4.69) is 40.8 Å². The summed E-state index contributed by atoms with van der Waals surface area (Å²) in [6, 6.07) is 9.57. The third-order valence-electron chi connectivity index (χ3n) is 4.86. The molecule has 130 valence electrons. The van der Waals surface area contributed by atoms with Crippen molar-refractivity contribution in [2.24, 2.45) is 0 Å². The lowest BCUT2D eigenvalue weighted by molar-refractivity contribution is 0.133. The quantitative estimate of drug-likeness (QED) is 0.526. The molecule has 1 heterocycles. The molecular formula is C18H30O3SSi. The largest absolute Gasteiger partial charge is 0.411 e. The molecule has 0 saturated carbocycles. The molecule has 1 saturated heterocycles. The number of hydrogen-bond donors (Lipinski definition) is 0. The third kappa shape index (κ3) is 4.53. The monoisotopic (exact) mass is 354 g/mol. The van der Waals surface area contributed by atoms with Crippen LogP contribution in [0, 0.1) is 0 Å². The van der Waals surface area contributed by atoms with Gasteiger partial charge in [0.05, 0.1) is 16.9 Å². The van der Waals surface area contributed by atoms with Crippen molar-refractivity contribution in [3.8, 4) is 0 Å². The molecule has 1 aliphatic heterocycles. The van der Waals surface area contributed by atoms with Gasteiger partial charge in [-0.05, 0) is 36.7 Å². The van der Waals surface area contributed by atoms with E-state index in [-0.39, 0.29) is 22.7 Å². The standard InChI is InChI=1S/C18H30O3SSi/c1-7-11-15(21-23(5,6)18(2,3)4)16-17(20-16)22(19)14-12-9-8-10-13-14/h8-10,12-13,15-17H,7,11H2,1-6H3/t15-,16-,17-,22?/m1/s1. The number of ether oxygens (including phenoxy) is 1. The SMILES string of the molecule is CCC[C@@H](O[Si](C)(C)C(C)(C)C)[C@H]1O[C@@H]1S(=O)c1ccccc1. The zero-order valence-corrected chi connectivity index (χ0v) is 17.0. The Morgan fingerprint density at radius 1 is 1.26 bits per heavy atom. The summed E-state index contributed by atoms with van der Waals surface area (Å²) in [7, 11) is -2.97. The van der Waals surface area contributed by atoms with Crippen LogP contribution in [0.5, 0.6) is 0 Å². The Balaban J connectivity index is 2.05. The maximum atomic E-state index is 12.6. The fourth-order valence-corrected chi connectivity index (χ4v) is 5.07. The van der Waals surface area contributed by atoms with Crippen LogP contribution in [0.3, 0.4) is 0 Å². The maximum Gasteiger partial charge on any atom is 0.192 e. The lowest BCUT2D eigenvalue weighted by Crippen LogP contribution is -2.45. The molecule has 0 aliphatic carbocycles. The highest BCUT2D eigenvalue weighted by molar-refractivity contribution is 7.85. The van der Waals surface area contributed by atoms with Crippen molar-refractivity contribution in [2.45, 2.75) is 81.2 Å². The van der Waals surface area contributed by atoms with Crippen molar-refractivity contribution in [3.05, 3.63) is 30.3 Å². The molecule has 2 rings (SSSR count). The lowest BCUT2D eigenvalue weighted by Gasteiger charge is -2.39. The molecule has 0 N–H and O–H groups in total. The predicted octanol–water partition coefficient (Wildman–Crippen LogP) is 4.71. The van der Waals surface area contributed by atoms with E-state index in [1.54, 1.807) is 0 Å². The van der Waals surface area contributed by atoms with Crippen LogP contribution in [-0.4, -0.2) is 30.2 Å². The highest BCUT2D eigenvalue weighted by Gasteiger charge is 2.52. The molecule has 1 fully saturated rings. The second-order valence-electron chi connectivity index (χ2n) is 7.78. The van der Waals surface area contributed by atoms with Crippen LogP contribution in [0.2, 0.25) is 18.1 Å². The van der Waals surface area contributed by atoms with Crippen LogP contribution in [0.4, 0.5) is 0 Å². The smallest absolute Gasteiger partial charge is 0.192 e. The van der Waals surface area contributed by atoms with E-state index in [9.17, 15) is 4.21 Å². The maximum absolute atomic E-state index is 12.6. The Morgan fingerprint density at radius 3 is 2.39 bits per heavy atom. The summed E-state index contributed by atoms with van der Waals surface area (Å²) in [6.45, 7) is 13.4. The van der Waals surface area contributed by atoms with Gasteiger partial charge in [0.25, 0.3) is 0 Å². The van der Waals surface area contributed by atoms with Gasteiger partial charge in [0, 0.05) is 4.90 Å². The third-order valence-corrected chi connectivity index (χ3v) is 10.9. The van der Waals surface area contributed by atoms with Crippen LogP contribution in [-0.2, 0) is 20.0 Å². The average molecular weight is 355 g/mol. The second-order valence-corrected chi connectivity index (χ2v) is 14.1. The van der Waals surface area contributed by atoms with E-state index >= 15 is 0 Å². The molecule has 0 bridgehead atoms. The highest BCUT2D eigenvalue weighted by atomic mass is 32.2. The minimum absolute atomic E-state index is 0.0369. The Kier molecular flexibility index (Phi) is 5.88. The van der Waals surface area contributed by atoms with E-state index < -0.39 is 19.1 Å². The van der Waals surface area contributed by atoms with Crippen LogP contribution in [0.1, 0.15) is 40.5 Å². The fourth-order valence-electron chi connectivity index (χ4n) is 2.36. The zero-order valence-electron chi connectivity index (χ0n) is 15.2. The van der Waals surface area contributed by atoms with Crippen molar-refractivity contribution in [1.82, 2.24) is 0 Å². The number of epoxide rings is 1. The normalized spacial score (nSPS) is 24.3. The summed E-state index contributed by atoms with van der Waals surface area (Å²) in [5, 5.41) is 0.169. The minimum Gasteiger partial charge on any atom is -0.411 e. The van der Waals surface area contributed by atoms with Gasteiger partial charge in [0.2, 0.25) is 0 Å². The lowest BCUT2D eigenvalue weighted by atomic mass is 10.1. The molecule has 0 amide bonds. The van der Waals surface area contributed by atoms with E-state index in [1.165, 1.54) is 0 Å². The molecule has 5 heteroatoms. The van der Waals surface area contributed by atoms with Gasteiger partial charge in [-0.25, -0.2) is 0 Å².